The van der Waals surface area contributed by atoms with Gasteiger partial charge in [0.25, 0.3) is 0 Å². The lowest BCUT2D eigenvalue weighted by molar-refractivity contribution is -0.131. The topological polar surface area (TPSA) is 54.5 Å². The van der Waals surface area contributed by atoms with Gasteiger partial charge in [-0.2, -0.15) is 0 Å². The fraction of sp³-hybridized carbons (Fsp3) is 0.462. The van der Waals surface area contributed by atoms with E-state index in [1.54, 1.807) is 0 Å². The molecule has 1 amide bonds. The van der Waals surface area contributed by atoms with Gasteiger partial charge < -0.3 is 10.1 Å². The summed E-state index contributed by atoms with van der Waals surface area (Å²) >= 11 is 0. The molecule has 1 aromatic carbocycles. The molecular formula is C26H33N3O2. The molecule has 0 bridgehead atoms. The maximum atomic E-state index is 12.8. The minimum atomic E-state index is -0.318. The molecule has 0 spiro atoms. The Morgan fingerprint density at radius 1 is 1.19 bits per heavy atom. The van der Waals surface area contributed by atoms with Crippen LogP contribution in [0.25, 0.3) is 6.08 Å². The molecule has 0 aliphatic carbocycles. The Morgan fingerprint density at radius 3 is 2.77 bits per heavy atom. The minimum Gasteiger partial charge on any atom is -0.368 e. The highest BCUT2D eigenvalue weighted by atomic mass is 16.5. The van der Waals surface area contributed by atoms with Crippen LogP contribution in [-0.2, 0) is 9.53 Å². The monoisotopic (exact) mass is 419 g/mol. The maximum absolute atomic E-state index is 12.8. The summed E-state index contributed by atoms with van der Waals surface area (Å²) in [7, 11) is 0. The van der Waals surface area contributed by atoms with Crippen LogP contribution in [0.1, 0.15) is 49.9 Å². The van der Waals surface area contributed by atoms with Gasteiger partial charge in [-0.1, -0.05) is 48.0 Å². The van der Waals surface area contributed by atoms with Crippen molar-refractivity contribution in [2.45, 2.75) is 44.8 Å². The molecule has 31 heavy (non-hydrogen) atoms. The Balaban J connectivity index is 1.44. The van der Waals surface area contributed by atoms with Crippen molar-refractivity contribution in [2.75, 3.05) is 26.2 Å². The number of hydrogen-bond acceptors (Lipinski definition) is 4. The van der Waals surface area contributed by atoms with E-state index in [0.29, 0.717) is 12.5 Å². The van der Waals surface area contributed by atoms with E-state index in [1.165, 1.54) is 11.1 Å². The summed E-state index contributed by atoms with van der Waals surface area (Å²) in [6.45, 7) is 5.86. The Kier molecular flexibility index (Phi) is 7.49. The number of ether oxygens (including phenoxy) is 1. The number of carbonyl (C=O) groups excluding carboxylic acids is 1. The van der Waals surface area contributed by atoms with E-state index in [0.717, 1.165) is 51.0 Å². The summed E-state index contributed by atoms with van der Waals surface area (Å²) in [5, 5.41) is 3.29. The van der Waals surface area contributed by atoms with E-state index in [1.807, 2.05) is 30.5 Å². The van der Waals surface area contributed by atoms with Crippen molar-refractivity contribution < 1.29 is 9.53 Å². The van der Waals surface area contributed by atoms with Crippen molar-refractivity contribution in [3.8, 4) is 0 Å². The van der Waals surface area contributed by atoms with Crippen molar-refractivity contribution >= 4 is 12.0 Å². The van der Waals surface area contributed by atoms with Crippen LogP contribution >= 0.6 is 0 Å². The molecular weight excluding hydrogens is 386 g/mol. The Morgan fingerprint density at radius 2 is 2.03 bits per heavy atom. The second-order valence-corrected chi connectivity index (χ2v) is 8.78. The van der Waals surface area contributed by atoms with Crippen molar-refractivity contribution in [3.63, 3.8) is 0 Å². The highest BCUT2D eigenvalue weighted by Gasteiger charge is 2.33. The average molecular weight is 420 g/mol. The predicted molar refractivity (Wildman–Crippen MR) is 123 cm³/mol. The van der Waals surface area contributed by atoms with Crippen LogP contribution in [0.5, 0.6) is 0 Å². The van der Waals surface area contributed by atoms with Gasteiger partial charge in [0.15, 0.2) is 0 Å². The van der Waals surface area contributed by atoms with Gasteiger partial charge in [0.05, 0.1) is 11.7 Å². The van der Waals surface area contributed by atoms with Gasteiger partial charge in [-0.3, -0.25) is 14.7 Å². The van der Waals surface area contributed by atoms with Crippen molar-refractivity contribution in [3.05, 3.63) is 71.6 Å². The largest absolute Gasteiger partial charge is 0.368 e. The van der Waals surface area contributed by atoms with Gasteiger partial charge in [0.1, 0.15) is 6.10 Å². The molecule has 4 rings (SSSR count). The Bertz CT molecular complexity index is 863. The normalized spacial score (nSPS) is 23.5. The third kappa shape index (κ3) is 6.02. The van der Waals surface area contributed by atoms with E-state index in [-0.39, 0.29) is 18.1 Å². The number of piperidine rings is 1. The predicted octanol–water partition coefficient (Wildman–Crippen LogP) is 4.23. The van der Waals surface area contributed by atoms with E-state index in [2.05, 4.69) is 52.5 Å². The molecule has 1 aromatic heterocycles. The summed E-state index contributed by atoms with van der Waals surface area (Å²) in [4.78, 5) is 19.9. The van der Waals surface area contributed by atoms with Gasteiger partial charge in [-0.15, -0.1) is 0 Å². The van der Waals surface area contributed by atoms with Crippen molar-refractivity contribution in [1.29, 1.82) is 0 Å². The van der Waals surface area contributed by atoms with Gasteiger partial charge in [-0.05, 0) is 62.8 Å². The lowest BCUT2D eigenvalue weighted by Crippen LogP contribution is -2.45. The van der Waals surface area contributed by atoms with Crippen LogP contribution in [0, 0.1) is 5.92 Å². The minimum absolute atomic E-state index is 0.00503. The second-order valence-electron chi connectivity index (χ2n) is 8.78. The van der Waals surface area contributed by atoms with Crippen LogP contribution in [0.4, 0.5) is 0 Å². The number of aromatic nitrogens is 1. The van der Waals surface area contributed by atoms with E-state index in [4.69, 9.17) is 4.74 Å². The van der Waals surface area contributed by atoms with Crippen molar-refractivity contribution in [2.24, 2.45) is 5.92 Å². The first-order valence-electron chi connectivity index (χ1n) is 11.5. The number of carbonyl (C=O) groups is 1. The zero-order chi connectivity index (χ0) is 21.5. The third-order valence-corrected chi connectivity index (χ3v) is 6.23. The lowest BCUT2D eigenvalue weighted by Gasteiger charge is -2.37. The quantitative estimate of drug-likeness (QED) is 0.730. The molecule has 164 valence electrons. The number of likely N-dealkylation sites (tertiary alicyclic amines) is 1. The van der Waals surface area contributed by atoms with Crippen LogP contribution in [0.15, 0.2) is 60.3 Å². The fourth-order valence-electron chi connectivity index (χ4n) is 4.76. The van der Waals surface area contributed by atoms with Gasteiger partial charge in [0.2, 0.25) is 5.91 Å². The van der Waals surface area contributed by atoms with Crippen LogP contribution in [-0.4, -0.2) is 48.1 Å². The van der Waals surface area contributed by atoms with Crippen LogP contribution in [0.3, 0.4) is 0 Å². The molecule has 0 radical (unpaired) electrons. The highest BCUT2D eigenvalue weighted by molar-refractivity contribution is 5.81. The number of nitrogens with zero attached hydrogens (tertiary/aromatic N) is 2. The molecule has 0 unspecified atom stereocenters. The average Bonchev–Trinajstić information content (AvgIpc) is 3.34. The first-order valence-corrected chi connectivity index (χ1v) is 11.5. The summed E-state index contributed by atoms with van der Waals surface area (Å²) in [5.41, 5.74) is 3.53. The Labute approximate surface area is 185 Å². The SMILES string of the molecule is C/C(=C\c1ccccc1)CN1CCC[C@H]([C@@H](NC(=O)[C@@H]2CCCO2)c2ccccn2)C1. The standard InChI is InChI=1S/C26H33N3O2/c1-20(17-21-9-3-2-4-10-21)18-29-15-7-11-22(19-29)25(23-12-5-6-14-27-23)28-26(30)24-13-8-16-31-24/h2-6,9-10,12,14,17,22,24-25H,7-8,11,13,15-16,18-19H2,1H3,(H,28,30)/b20-17+/t22-,24-,25+/m0/s1. The van der Waals surface area contributed by atoms with E-state index in [9.17, 15) is 4.79 Å². The number of rotatable bonds is 7. The molecule has 0 saturated carbocycles. The summed E-state index contributed by atoms with van der Waals surface area (Å²) in [6.07, 6.45) is 7.74. The van der Waals surface area contributed by atoms with Gasteiger partial charge in [0, 0.05) is 25.9 Å². The third-order valence-electron chi connectivity index (χ3n) is 6.23. The van der Waals surface area contributed by atoms with Crippen molar-refractivity contribution in [1.82, 2.24) is 15.2 Å². The van der Waals surface area contributed by atoms with Crippen LogP contribution < -0.4 is 5.32 Å². The fourth-order valence-corrected chi connectivity index (χ4v) is 4.76. The molecule has 1 N–H and O–H groups in total. The molecule has 3 heterocycles. The molecule has 2 aromatic rings. The molecule has 5 nitrogen and oxygen atoms in total. The lowest BCUT2D eigenvalue weighted by atomic mass is 9.88. The highest BCUT2D eigenvalue weighted by Crippen LogP contribution is 2.30. The van der Waals surface area contributed by atoms with Gasteiger partial charge >= 0.3 is 0 Å². The molecule has 2 aliphatic rings. The number of nitrogens with one attached hydrogen (secondary N) is 1. The first-order chi connectivity index (χ1) is 15.2. The zero-order valence-electron chi connectivity index (χ0n) is 18.4. The summed E-state index contributed by atoms with van der Waals surface area (Å²) in [5.74, 6) is 0.337. The molecule has 2 saturated heterocycles. The van der Waals surface area contributed by atoms with Gasteiger partial charge in [-0.25, -0.2) is 0 Å². The number of amides is 1. The molecule has 2 fully saturated rings. The molecule has 2 aliphatic heterocycles. The summed E-state index contributed by atoms with van der Waals surface area (Å²) in [6, 6.07) is 16.3. The van der Waals surface area contributed by atoms with E-state index < -0.39 is 0 Å². The van der Waals surface area contributed by atoms with Crippen LogP contribution in [0.2, 0.25) is 0 Å². The second kappa shape index (κ2) is 10.7. The molecule has 3 atom stereocenters. The Hall–Kier alpha value is -2.50. The zero-order valence-corrected chi connectivity index (χ0v) is 18.4. The number of pyridine rings is 1. The summed E-state index contributed by atoms with van der Waals surface area (Å²) < 4.78 is 5.62. The molecule has 5 heteroatoms. The first kappa shape index (κ1) is 21.7. The smallest absolute Gasteiger partial charge is 0.249 e. The maximum Gasteiger partial charge on any atom is 0.249 e. The van der Waals surface area contributed by atoms with E-state index >= 15 is 0 Å². The number of benzene rings is 1. The number of hydrogen-bond donors (Lipinski definition) is 1.